The van der Waals surface area contributed by atoms with E-state index in [-0.39, 0.29) is 0 Å². The van der Waals surface area contributed by atoms with Crippen molar-refractivity contribution in [1.82, 2.24) is 0 Å². The number of fused-ring (bicyclic) bond motifs is 3. The van der Waals surface area contributed by atoms with Crippen molar-refractivity contribution in [2.24, 2.45) is 0 Å². The zero-order chi connectivity index (χ0) is 11.1. The molecule has 16 heavy (non-hydrogen) atoms. The van der Waals surface area contributed by atoms with Crippen molar-refractivity contribution >= 4 is 33.1 Å². The van der Waals surface area contributed by atoms with Crippen molar-refractivity contribution in [2.45, 2.75) is 0 Å². The summed E-state index contributed by atoms with van der Waals surface area (Å²) in [5, 5.41) is 14.5. The molecular weight excluding hydrogens is 220 g/mol. The Balaban J connectivity index is 2.64. The maximum absolute atomic E-state index is 9.92. The van der Waals surface area contributed by atoms with Gasteiger partial charge in [0.25, 0.3) is 0 Å². The van der Waals surface area contributed by atoms with E-state index < -0.39 is 0 Å². The zero-order valence-corrected chi connectivity index (χ0v) is 9.20. The third-order valence-electron chi connectivity index (χ3n) is 2.83. The number of phenols is 1. The molecule has 0 saturated heterocycles. The second-order valence-electron chi connectivity index (χ2n) is 3.78. The highest BCUT2D eigenvalue weighted by atomic mass is 35.5. The van der Waals surface area contributed by atoms with Crippen LogP contribution in [0.25, 0.3) is 21.5 Å². The van der Waals surface area contributed by atoms with E-state index in [9.17, 15) is 5.11 Å². The lowest BCUT2D eigenvalue weighted by molar-refractivity contribution is 0.482. The second-order valence-corrected chi connectivity index (χ2v) is 4.18. The third-order valence-corrected chi connectivity index (χ3v) is 3.16. The maximum Gasteiger partial charge on any atom is 0.124 e. The number of phenolic OH excluding ortho intramolecular Hbond substituents is 1. The van der Waals surface area contributed by atoms with E-state index in [0.717, 1.165) is 21.5 Å². The van der Waals surface area contributed by atoms with E-state index >= 15 is 0 Å². The van der Waals surface area contributed by atoms with Gasteiger partial charge in [-0.15, -0.1) is 0 Å². The SMILES string of the molecule is Oc1cccc2ccc3c(Cl)cccc3c12. The van der Waals surface area contributed by atoms with Crippen LogP contribution >= 0.6 is 11.6 Å². The van der Waals surface area contributed by atoms with Crippen LogP contribution in [0, 0.1) is 0 Å². The molecule has 0 saturated carbocycles. The highest BCUT2D eigenvalue weighted by Crippen LogP contribution is 2.34. The standard InChI is InChI=1S/C14H9ClO/c15-12-5-2-4-11-10(12)8-7-9-3-1-6-13(16)14(9)11/h1-8,16H. The normalized spacial score (nSPS) is 11.1. The number of halogens is 1. The van der Waals surface area contributed by atoms with Gasteiger partial charge < -0.3 is 5.11 Å². The van der Waals surface area contributed by atoms with Gasteiger partial charge in [0.1, 0.15) is 5.75 Å². The summed E-state index contributed by atoms with van der Waals surface area (Å²) in [6.45, 7) is 0. The predicted octanol–water partition coefficient (Wildman–Crippen LogP) is 4.35. The van der Waals surface area contributed by atoms with E-state index in [1.807, 2.05) is 42.5 Å². The zero-order valence-electron chi connectivity index (χ0n) is 8.44. The van der Waals surface area contributed by atoms with Gasteiger partial charge in [0, 0.05) is 15.8 Å². The summed E-state index contributed by atoms with van der Waals surface area (Å²) in [7, 11) is 0. The van der Waals surface area contributed by atoms with E-state index in [2.05, 4.69) is 0 Å². The van der Waals surface area contributed by atoms with Gasteiger partial charge in [-0.2, -0.15) is 0 Å². The summed E-state index contributed by atoms with van der Waals surface area (Å²) in [6, 6.07) is 15.2. The average Bonchev–Trinajstić information content (AvgIpc) is 2.29. The smallest absolute Gasteiger partial charge is 0.124 e. The Kier molecular flexibility index (Phi) is 2.01. The lowest BCUT2D eigenvalue weighted by atomic mass is 10.0. The van der Waals surface area contributed by atoms with E-state index in [1.54, 1.807) is 6.07 Å². The molecule has 0 unspecified atom stereocenters. The van der Waals surface area contributed by atoms with E-state index in [1.165, 1.54) is 0 Å². The second kappa shape index (κ2) is 3.39. The van der Waals surface area contributed by atoms with Crippen LogP contribution in [0.3, 0.4) is 0 Å². The largest absolute Gasteiger partial charge is 0.507 e. The van der Waals surface area contributed by atoms with Crippen LogP contribution in [0.4, 0.5) is 0 Å². The number of benzene rings is 3. The molecule has 0 atom stereocenters. The molecule has 3 aromatic carbocycles. The van der Waals surface area contributed by atoms with Crippen LogP contribution < -0.4 is 0 Å². The molecule has 0 amide bonds. The first-order valence-electron chi connectivity index (χ1n) is 5.06. The molecule has 0 heterocycles. The molecule has 3 rings (SSSR count). The first kappa shape index (κ1) is 9.49. The number of hydrogen-bond donors (Lipinski definition) is 1. The first-order chi connectivity index (χ1) is 7.77. The van der Waals surface area contributed by atoms with Crippen LogP contribution in [0.2, 0.25) is 5.02 Å². The molecule has 0 spiro atoms. The third kappa shape index (κ3) is 1.25. The summed E-state index contributed by atoms with van der Waals surface area (Å²) in [4.78, 5) is 0. The van der Waals surface area contributed by atoms with Gasteiger partial charge in [-0.05, 0) is 22.9 Å². The predicted molar refractivity (Wildman–Crippen MR) is 68.1 cm³/mol. The van der Waals surface area contributed by atoms with Gasteiger partial charge in [-0.25, -0.2) is 0 Å². The summed E-state index contributed by atoms with van der Waals surface area (Å²) in [5.41, 5.74) is 0. The highest BCUT2D eigenvalue weighted by molar-refractivity contribution is 6.36. The summed E-state index contributed by atoms with van der Waals surface area (Å²) < 4.78 is 0. The Hall–Kier alpha value is -1.73. The minimum absolute atomic E-state index is 0.297. The molecule has 0 aliphatic carbocycles. The van der Waals surface area contributed by atoms with Crippen molar-refractivity contribution in [3.8, 4) is 5.75 Å². The van der Waals surface area contributed by atoms with Crippen molar-refractivity contribution < 1.29 is 5.11 Å². The topological polar surface area (TPSA) is 20.2 Å². The van der Waals surface area contributed by atoms with Crippen molar-refractivity contribution in [3.05, 3.63) is 53.6 Å². The first-order valence-corrected chi connectivity index (χ1v) is 5.44. The summed E-state index contributed by atoms with van der Waals surface area (Å²) in [5.74, 6) is 0.297. The quantitative estimate of drug-likeness (QED) is 0.567. The fraction of sp³-hybridized carbons (Fsp3) is 0. The molecule has 0 radical (unpaired) electrons. The fourth-order valence-electron chi connectivity index (χ4n) is 2.09. The average molecular weight is 229 g/mol. The molecule has 0 aromatic heterocycles. The summed E-state index contributed by atoms with van der Waals surface area (Å²) >= 11 is 6.13. The molecule has 0 aliphatic rings. The van der Waals surface area contributed by atoms with Gasteiger partial charge in [0.2, 0.25) is 0 Å². The van der Waals surface area contributed by atoms with E-state index in [0.29, 0.717) is 10.8 Å². The Morgan fingerprint density at radius 3 is 2.50 bits per heavy atom. The van der Waals surface area contributed by atoms with Crippen molar-refractivity contribution in [1.29, 1.82) is 0 Å². The van der Waals surface area contributed by atoms with Gasteiger partial charge in [-0.3, -0.25) is 0 Å². The van der Waals surface area contributed by atoms with Gasteiger partial charge in [0.15, 0.2) is 0 Å². The Morgan fingerprint density at radius 2 is 1.62 bits per heavy atom. The molecule has 2 heteroatoms. The molecule has 0 bridgehead atoms. The minimum atomic E-state index is 0.297. The van der Waals surface area contributed by atoms with Crippen LogP contribution in [-0.2, 0) is 0 Å². The number of aromatic hydroxyl groups is 1. The Bertz CT molecular complexity index is 689. The number of hydrogen-bond acceptors (Lipinski definition) is 1. The number of rotatable bonds is 0. The van der Waals surface area contributed by atoms with Crippen LogP contribution in [0.15, 0.2) is 48.5 Å². The van der Waals surface area contributed by atoms with Gasteiger partial charge in [0.05, 0.1) is 0 Å². The maximum atomic E-state index is 9.92. The fourth-order valence-corrected chi connectivity index (χ4v) is 2.32. The molecular formula is C14H9ClO. The minimum Gasteiger partial charge on any atom is -0.507 e. The van der Waals surface area contributed by atoms with Crippen LogP contribution in [0.5, 0.6) is 5.75 Å². The monoisotopic (exact) mass is 228 g/mol. The van der Waals surface area contributed by atoms with Gasteiger partial charge in [-0.1, -0.05) is 48.0 Å². The summed E-state index contributed by atoms with van der Waals surface area (Å²) in [6.07, 6.45) is 0. The lowest BCUT2D eigenvalue weighted by Crippen LogP contribution is -1.79. The molecule has 1 nitrogen and oxygen atoms in total. The van der Waals surface area contributed by atoms with Crippen molar-refractivity contribution in [3.63, 3.8) is 0 Å². The molecule has 0 fully saturated rings. The highest BCUT2D eigenvalue weighted by Gasteiger charge is 2.06. The molecule has 1 N–H and O–H groups in total. The lowest BCUT2D eigenvalue weighted by Gasteiger charge is -2.06. The Labute approximate surface area is 97.9 Å². The van der Waals surface area contributed by atoms with Crippen LogP contribution in [0.1, 0.15) is 0 Å². The van der Waals surface area contributed by atoms with E-state index in [4.69, 9.17) is 11.6 Å². The molecule has 3 aromatic rings. The van der Waals surface area contributed by atoms with Crippen LogP contribution in [-0.4, -0.2) is 5.11 Å². The molecule has 78 valence electrons. The Morgan fingerprint density at radius 1 is 0.812 bits per heavy atom. The van der Waals surface area contributed by atoms with Gasteiger partial charge >= 0.3 is 0 Å². The molecule has 0 aliphatic heterocycles. The van der Waals surface area contributed by atoms with Crippen molar-refractivity contribution in [2.75, 3.05) is 0 Å².